The SMILES string of the molecule is [C-]#[N+]c1c(-n2c3ccccc3c3ccccc32)c(C#N)c(-n2c3ccccc3c3ccccc32)c(-n2c3ccc(-c4ccccc4-c4ccccc4)cc3c3ccc4oc5ccccc5c4c32)c1-n1c2ccccc2c2ccccc21. The van der Waals surface area contributed by atoms with Crippen LogP contribution in [-0.2, 0) is 0 Å². The van der Waals surface area contributed by atoms with Crippen LogP contribution in [0.1, 0.15) is 5.56 Å². The van der Waals surface area contributed by atoms with Crippen molar-refractivity contribution in [3.8, 4) is 51.1 Å². The van der Waals surface area contributed by atoms with Gasteiger partial charge in [-0.25, -0.2) is 4.85 Å². The maximum absolute atomic E-state index is 12.7. The number of fused-ring (bicyclic) bond motifs is 16. The molecule has 0 spiro atoms. The molecule has 12 aromatic carbocycles. The largest absolute Gasteiger partial charge is 0.456 e. The number of benzene rings is 12. The van der Waals surface area contributed by atoms with Crippen molar-refractivity contribution in [2.75, 3.05) is 0 Å². The van der Waals surface area contributed by atoms with Crippen LogP contribution in [0.2, 0.25) is 0 Å². The molecule has 17 rings (SSSR count). The molecule has 7 nitrogen and oxygen atoms in total. The fourth-order valence-corrected chi connectivity index (χ4v) is 13.6. The van der Waals surface area contributed by atoms with E-state index in [-0.39, 0.29) is 0 Å². The Morgan fingerprint density at radius 2 is 0.765 bits per heavy atom. The lowest BCUT2D eigenvalue weighted by atomic mass is 9.94. The first-order valence-electron chi connectivity index (χ1n) is 27.2. The molecule has 0 saturated carbocycles. The molecule has 0 unspecified atom stereocenters. The standard InChI is InChI=1S/C74H42N6O/c1-76-69-71(77-59-32-14-7-25-49(59)50-26-8-15-33-60(50)77)58(44-75)72(78-61-34-16-9-27-51(61)52-28-10-17-35-62(52)78)74(73(69)79-63-36-18-11-29-53(63)54-30-12-19-37-64(54)79)80-65-41-39-46(48-24-6-5-23-47(48)45-21-3-2-4-22-45)43-57(65)55-40-42-67-68(70(55)80)56-31-13-20-38-66(56)81-67/h2-43H. The highest BCUT2D eigenvalue weighted by atomic mass is 16.3. The zero-order valence-electron chi connectivity index (χ0n) is 43.3. The number of para-hydroxylation sites is 7. The van der Waals surface area contributed by atoms with Crippen molar-refractivity contribution in [2.45, 2.75) is 0 Å². The van der Waals surface area contributed by atoms with E-state index in [4.69, 9.17) is 9.26 Å². The Kier molecular flexibility index (Phi) is 9.42. The molecule has 17 aromatic rings. The number of hydrogen-bond acceptors (Lipinski definition) is 2. The molecule has 81 heavy (non-hydrogen) atoms. The van der Waals surface area contributed by atoms with Crippen LogP contribution in [0.15, 0.2) is 259 Å². The number of nitrogens with zero attached hydrogens (tertiary/aromatic N) is 6. The predicted molar refractivity (Wildman–Crippen MR) is 333 cm³/mol. The lowest BCUT2D eigenvalue weighted by Gasteiger charge is -2.27. The summed E-state index contributed by atoms with van der Waals surface area (Å²) >= 11 is 0. The van der Waals surface area contributed by atoms with Crippen molar-refractivity contribution in [2.24, 2.45) is 0 Å². The fourth-order valence-electron chi connectivity index (χ4n) is 13.6. The zero-order valence-corrected chi connectivity index (χ0v) is 43.3. The molecule has 0 N–H and O–H groups in total. The van der Waals surface area contributed by atoms with Gasteiger partial charge in [0.15, 0.2) is 0 Å². The van der Waals surface area contributed by atoms with E-state index in [2.05, 4.69) is 255 Å². The average Bonchev–Trinajstić information content (AvgIpc) is 4.31. The lowest BCUT2D eigenvalue weighted by molar-refractivity contribution is 0.669. The molecule has 0 atom stereocenters. The average molecular weight is 1030 g/mol. The minimum Gasteiger partial charge on any atom is -0.456 e. The molecule has 0 saturated heterocycles. The van der Waals surface area contributed by atoms with Crippen LogP contribution in [0.25, 0.3) is 159 Å². The molecule has 374 valence electrons. The molecular formula is C74H42N6O. The van der Waals surface area contributed by atoms with Gasteiger partial charge in [0.1, 0.15) is 17.2 Å². The summed E-state index contributed by atoms with van der Waals surface area (Å²) in [5, 5.41) is 22.8. The van der Waals surface area contributed by atoms with Crippen molar-refractivity contribution in [1.82, 2.24) is 18.3 Å². The summed E-state index contributed by atoms with van der Waals surface area (Å²) < 4.78 is 16.0. The van der Waals surface area contributed by atoms with Gasteiger partial charge in [0.05, 0.1) is 84.4 Å². The van der Waals surface area contributed by atoms with Crippen molar-refractivity contribution < 1.29 is 4.42 Å². The summed E-state index contributed by atoms with van der Waals surface area (Å²) in [6.07, 6.45) is 0. The molecule has 0 aliphatic carbocycles. The number of furan rings is 1. The van der Waals surface area contributed by atoms with E-state index in [1.165, 1.54) is 0 Å². The predicted octanol–water partition coefficient (Wildman–Crippen LogP) is 19.7. The summed E-state index contributed by atoms with van der Waals surface area (Å²) in [6.45, 7) is 9.88. The van der Waals surface area contributed by atoms with E-state index in [0.29, 0.717) is 34.0 Å². The van der Waals surface area contributed by atoms with Crippen molar-refractivity contribution in [1.29, 1.82) is 5.26 Å². The molecule has 0 fully saturated rings. The summed E-state index contributed by atoms with van der Waals surface area (Å²) in [5.74, 6) is 0. The Bertz CT molecular complexity index is 5320. The lowest BCUT2D eigenvalue weighted by Crippen LogP contribution is -2.14. The van der Waals surface area contributed by atoms with Crippen LogP contribution < -0.4 is 0 Å². The molecule has 0 bridgehead atoms. The van der Waals surface area contributed by atoms with Crippen molar-refractivity contribution in [3.63, 3.8) is 0 Å². The molecule has 0 aliphatic heterocycles. The minimum atomic E-state index is 0.330. The molecule has 0 radical (unpaired) electrons. The minimum absolute atomic E-state index is 0.330. The molecule has 0 aliphatic rings. The van der Waals surface area contributed by atoms with E-state index in [1.54, 1.807) is 0 Å². The highest BCUT2D eigenvalue weighted by Gasteiger charge is 2.35. The first kappa shape index (κ1) is 44.7. The number of rotatable bonds is 6. The second-order valence-corrected chi connectivity index (χ2v) is 20.9. The van der Waals surface area contributed by atoms with Gasteiger partial charge in [-0.2, -0.15) is 5.26 Å². The smallest absolute Gasteiger partial charge is 0.237 e. The van der Waals surface area contributed by atoms with E-state index < -0.39 is 0 Å². The Morgan fingerprint density at radius 1 is 0.333 bits per heavy atom. The quantitative estimate of drug-likeness (QED) is 0.156. The van der Waals surface area contributed by atoms with Gasteiger partial charge >= 0.3 is 0 Å². The van der Waals surface area contributed by atoms with E-state index in [0.717, 1.165) is 131 Å². The van der Waals surface area contributed by atoms with Crippen LogP contribution in [0.3, 0.4) is 0 Å². The number of nitriles is 1. The molecule has 5 aromatic heterocycles. The summed E-state index contributed by atoms with van der Waals surface area (Å²) in [5.41, 5.74) is 16.3. The second-order valence-electron chi connectivity index (χ2n) is 20.9. The molecule has 7 heteroatoms. The van der Waals surface area contributed by atoms with Crippen LogP contribution in [-0.4, -0.2) is 18.3 Å². The van der Waals surface area contributed by atoms with Crippen molar-refractivity contribution in [3.05, 3.63) is 272 Å². The summed E-state index contributed by atoms with van der Waals surface area (Å²) in [7, 11) is 0. The van der Waals surface area contributed by atoms with E-state index in [9.17, 15) is 11.8 Å². The van der Waals surface area contributed by atoms with Crippen molar-refractivity contribution >= 4 is 115 Å². The molecule has 0 amide bonds. The maximum atomic E-state index is 12.7. The third-order valence-corrected chi connectivity index (χ3v) is 16.8. The van der Waals surface area contributed by atoms with Gasteiger partial charge in [0.25, 0.3) is 0 Å². The van der Waals surface area contributed by atoms with Crippen LogP contribution in [0, 0.1) is 17.9 Å². The van der Waals surface area contributed by atoms with Gasteiger partial charge in [0, 0.05) is 48.5 Å². The Labute approximate surface area is 463 Å². The first-order valence-corrected chi connectivity index (χ1v) is 27.2. The van der Waals surface area contributed by atoms with Gasteiger partial charge in [-0.3, -0.25) is 0 Å². The second kappa shape index (κ2) is 17.1. The molecule has 5 heterocycles. The van der Waals surface area contributed by atoms with Crippen LogP contribution >= 0.6 is 0 Å². The van der Waals surface area contributed by atoms with Gasteiger partial charge in [-0.1, -0.05) is 188 Å². The third kappa shape index (κ3) is 6.15. The third-order valence-electron chi connectivity index (χ3n) is 16.8. The highest BCUT2D eigenvalue weighted by Crippen LogP contribution is 2.53. The maximum Gasteiger partial charge on any atom is 0.237 e. The van der Waals surface area contributed by atoms with E-state index in [1.807, 2.05) is 24.3 Å². The zero-order chi connectivity index (χ0) is 53.4. The monoisotopic (exact) mass is 1030 g/mol. The first-order chi connectivity index (χ1) is 40.2. The van der Waals surface area contributed by atoms with Gasteiger partial charge in [-0.15, -0.1) is 0 Å². The summed E-state index contributed by atoms with van der Waals surface area (Å²) in [6, 6.07) is 92.2. The van der Waals surface area contributed by atoms with E-state index >= 15 is 0 Å². The van der Waals surface area contributed by atoms with Gasteiger partial charge in [-0.05, 0) is 89.0 Å². The number of hydrogen-bond donors (Lipinski definition) is 0. The van der Waals surface area contributed by atoms with Crippen LogP contribution in [0.4, 0.5) is 5.69 Å². The normalized spacial score (nSPS) is 11.9. The van der Waals surface area contributed by atoms with Gasteiger partial charge < -0.3 is 22.7 Å². The Balaban J connectivity index is 1.17. The highest BCUT2D eigenvalue weighted by molar-refractivity contribution is 6.26. The van der Waals surface area contributed by atoms with Gasteiger partial charge in [0.2, 0.25) is 5.69 Å². The number of aromatic nitrogens is 4. The topological polar surface area (TPSA) is 61.0 Å². The molecular weight excluding hydrogens is 989 g/mol. The Hall–Kier alpha value is -11.4. The van der Waals surface area contributed by atoms with Crippen LogP contribution in [0.5, 0.6) is 0 Å². The summed E-state index contributed by atoms with van der Waals surface area (Å²) in [4.78, 5) is 4.81. The fraction of sp³-hybridized carbons (Fsp3) is 0. The Morgan fingerprint density at radius 3 is 1.28 bits per heavy atom.